The lowest BCUT2D eigenvalue weighted by atomic mass is 10.1. The number of anilines is 1. The fourth-order valence-corrected chi connectivity index (χ4v) is 1.89. The number of benzene rings is 1. The average molecular weight is 266 g/mol. The van der Waals surface area contributed by atoms with Gasteiger partial charge >= 0.3 is 0 Å². The van der Waals surface area contributed by atoms with E-state index in [-0.39, 0.29) is 0 Å². The van der Waals surface area contributed by atoms with E-state index in [2.05, 4.69) is 30.5 Å². The highest BCUT2D eigenvalue weighted by atomic mass is 15.2. The number of aromatic amines is 1. The summed E-state index contributed by atoms with van der Waals surface area (Å²) >= 11 is 0. The molecule has 0 saturated carbocycles. The summed E-state index contributed by atoms with van der Waals surface area (Å²) in [5.74, 6) is 1.86. The third-order valence-corrected chi connectivity index (χ3v) is 2.78. The molecule has 2 heterocycles. The Labute approximate surface area is 116 Å². The van der Waals surface area contributed by atoms with E-state index in [0.717, 1.165) is 23.6 Å². The normalized spacial score (nSPS) is 10.4. The number of rotatable bonds is 4. The maximum atomic E-state index is 4.54. The number of nitrogens with zero attached hydrogens (tertiary/aromatic N) is 4. The summed E-state index contributed by atoms with van der Waals surface area (Å²) in [5, 5.41) is 9.83. The molecule has 2 N–H and O–H groups in total. The lowest BCUT2D eigenvalue weighted by Gasteiger charge is -2.07. The number of nitrogens with one attached hydrogen (secondary N) is 2. The van der Waals surface area contributed by atoms with E-state index in [4.69, 9.17) is 0 Å². The van der Waals surface area contributed by atoms with Crippen molar-refractivity contribution in [2.45, 2.75) is 6.92 Å². The van der Waals surface area contributed by atoms with Crippen LogP contribution >= 0.6 is 0 Å². The summed E-state index contributed by atoms with van der Waals surface area (Å²) in [6, 6.07) is 11.9. The van der Waals surface area contributed by atoms with Crippen molar-refractivity contribution in [1.29, 1.82) is 0 Å². The van der Waals surface area contributed by atoms with Gasteiger partial charge in [0, 0.05) is 18.2 Å². The van der Waals surface area contributed by atoms with Crippen LogP contribution in [0.4, 0.5) is 5.82 Å². The van der Waals surface area contributed by atoms with Crippen LogP contribution in [0.3, 0.4) is 0 Å². The standard InChI is InChI=1S/C14H14N6/c1-2-15-12-8-11(10-6-4-3-5-7-10)18-14(19-12)13-16-9-17-20-13/h3-9H,2H2,1H3,(H,15,18,19)(H,16,17,20). The van der Waals surface area contributed by atoms with Crippen LogP contribution in [0.15, 0.2) is 42.7 Å². The SMILES string of the molecule is CCNc1cc(-c2ccccc2)nc(-c2ncn[nH]2)n1. The third-order valence-electron chi connectivity index (χ3n) is 2.78. The maximum absolute atomic E-state index is 4.54. The summed E-state index contributed by atoms with van der Waals surface area (Å²) in [6.45, 7) is 2.82. The molecular weight excluding hydrogens is 252 g/mol. The summed E-state index contributed by atoms with van der Waals surface area (Å²) in [4.78, 5) is 13.1. The predicted octanol–water partition coefficient (Wildman–Crippen LogP) is 2.36. The Hall–Kier alpha value is -2.76. The zero-order chi connectivity index (χ0) is 13.8. The zero-order valence-corrected chi connectivity index (χ0v) is 11.0. The molecule has 0 spiro atoms. The minimum atomic E-state index is 0.528. The van der Waals surface area contributed by atoms with Gasteiger partial charge in [0.1, 0.15) is 12.1 Å². The Bertz CT molecular complexity index is 678. The first kappa shape index (κ1) is 12.3. The van der Waals surface area contributed by atoms with Gasteiger partial charge in [-0.25, -0.2) is 15.0 Å². The van der Waals surface area contributed by atoms with E-state index in [0.29, 0.717) is 11.6 Å². The van der Waals surface area contributed by atoms with Gasteiger partial charge in [-0.1, -0.05) is 30.3 Å². The van der Waals surface area contributed by atoms with Crippen LogP contribution in [-0.2, 0) is 0 Å². The number of hydrogen-bond acceptors (Lipinski definition) is 5. The van der Waals surface area contributed by atoms with Crippen LogP contribution in [0, 0.1) is 0 Å². The van der Waals surface area contributed by atoms with Crippen molar-refractivity contribution < 1.29 is 0 Å². The van der Waals surface area contributed by atoms with Crippen molar-refractivity contribution in [3.8, 4) is 22.9 Å². The highest BCUT2D eigenvalue weighted by Crippen LogP contribution is 2.22. The van der Waals surface area contributed by atoms with Crippen LogP contribution in [0.2, 0.25) is 0 Å². The van der Waals surface area contributed by atoms with E-state index in [9.17, 15) is 0 Å². The Morgan fingerprint density at radius 1 is 1.15 bits per heavy atom. The van der Waals surface area contributed by atoms with Crippen molar-refractivity contribution in [1.82, 2.24) is 25.1 Å². The minimum Gasteiger partial charge on any atom is -0.370 e. The molecule has 2 aromatic heterocycles. The Balaban J connectivity index is 2.10. The van der Waals surface area contributed by atoms with Crippen molar-refractivity contribution >= 4 is 5.82 Å². The van der Waals surface area contributed by atoms with Crippen molar-refractivity contribution in [3.05, 3.63) is 42.7 Å². The van der Waals surface area contributed by atoms with Gasteiger partial charge in [-0.3, -0.25) is 5.10 Å². The highest BCUT2D eigenvalue weighted by molar-refractivity contribution is 5.65. The van der Waals surface area contributed by atoms with Gasteiger partial charge in [0.25, 0.3) is 0 Å². The molecule has 0 fully saturated rings. The largest absolute Gasteiger partial charge is 0.370 e. The summed E-state index contributed by atoms with van der Waals surface area (Å²) in [5.41, 5.74) is 1.89. The fourth-order valence-electron chi connectivity index (χ4n) is 1.89. The van der Waals surface area contributed by atoms with Crippen LogP contribution in [0.1, 0.15) is 6.92 Å². The van der Waals surface area contributed by atoms with Crippen LogP contribution in [0.5, 0.6) is 0 Å². The average Bonchev–Trinajstić information content (AvgIpc) is 3.02. The fraction of sp³-hybridized carbons (Fsp3) is 0.143. The molecule has 0 aliphatic heterocycles. The molecule has 0 saturated heterocycles. The number of H-pyrrole nitrogens is 1. The second kappa shape index (κ2) is 5.48. The first-order chi connectivity index (χ1) is 9.86. The molecule has 0 amide bonds. The first-order valence-electron chi connectivity index (χ1n) is 6.41. The molecule has 0 atom stereocenters. The Morgan fingerprint density at radius 2 is 2.00 bits per heavy atom. The van der Waals surface area contributed by atoms with E-state index in [1.807, 2.05) is 43.3 Å². The predicted molar refractivity (Wildman–Crippen MR) is 77.0 cm³/mol. The first-order valence-corrected chi connectivity index (χ1v) is 6.41. The van der Waals surface area contributed by atoms with E-state index < -0.39 is 0 Å². The third kappa shape index (κ3) is 2.49. The lowest BCUT2D eigenvalue weighted by Crippen LogP contribution is -2.03. The molecule has 0 unspecified atom stereocenters. The molecule has 1 aromatic carbocycles. The van der Waals surface area contributed by atoms with Crippen molar-refractivity contribution in [2.24, 2.45) is 0 Å². The molecular formula is C14H14N6. The Kier molecular flexibility index (Phi) is 3.36. The van der Waals surface area contributed by atoms with E-state index >= 15 is 0 Å². The number of hydrogen-bond donors (Lipinski definition) is 2. The molecule has 100 valence electrons. The highest BCUT2D eigenvalue weighted by Gasteiger charge is 2.10. The van der Waals surface area contributed by atoms with Gasteiger partial charge < -0.3 is 5.32 Å². The molecule has 0 radical (unpaired) electrons. The van der Waals surface area contributed by atoms with Crippen LogP contribution in [0.25, 0.3) is 22.9 Å². The van der Waals surface area contributed by atoms with Crippen LogP contribution < -0.4 is 5.32 Å². The molecule has 0 bridgehead atoms. The molecule has 3 rings (SSSR count). The van der Waals surface area contributed by atoms with E-state index in [1.54, 1.807) is 0 Å². The second-order valence-electron chi connectivity index (χ2n) is 4.19. The second-order valence-corrected chi connectivity index (χ2v) is 4.19. The van der Waals surface area contributed by atoms with Gasteiger partial charge in [-0.05, 0) is 6.92 Å². The molecule has 0 aliphatic rings. The summed E-state index contributed by atoms with van der Waals surface area (Å²) in [7, 11) is 0. The van der Waals surface area contributed by atoms with Crippen LogP contribution in [-0.4, -0.2) is 31.7 Å². The monoisotopic (exact) mass is 266 g/mol. The lowest BCUT2D eigenvalue weighted by molar-refractivity contribution is 1.05. The number of aromatic nitrogens is 5. The summed E-state index contributed by atoms with van der Waals surface area (Å²) < 4.78 is 0. The van der Waals surface area contributed by atoms with Gasteiger partial charge in [-0.2, -0.15) is 5.10 Å². The molecule has 6 nitrogen and oxygen atoms in total. The summed E-state index contributed by atoms with van der Waals surface area (Å²) in [6.07, 6.45) is 1.45. The molecule has 0 aliphatic carbocycles. The van der Waals surface area contributed by atoms with Crippen molar-refractivity contribution in [2.75, 3.05) is 11.9 Å². The minimum absolute atomic E-state index is 0.528. The topological polar surface area (TPSA) is 79.4 Å². The molecule has 3 aromatic rings. The van der Waals surface area contributed by atoms with Gasteiger partial charge in [0.15, 0.2) is 11.6 Å². The van der Waals surface area contributed by atoms with E-state index in [1.165, 1.54) is 6.33 Å². The van der Waals surface area contributed by atoms with Gasteiger partial charge in [-0.15, -0.1) is 0 Å². The quantitative estimate of drug-likeness (QED) is 0.757. The molecule has 20 heavy (non-hydrogen) atoms. The Morgan fingerprint density at radius 3 is 2.70 bits per heavy atom. The smallest absolute Gasteiger partial charge is 0.199 e. The molecule has 6 heteroatoms. The maximum Gasteiger partial charge on any atom is 0.199 e. The van der Waals surface area contributed by atoms with Crippen molar-refractivity contribution in [3.63, 3.8) is 0 Å². The van der Waals surface area contributed by atoms with Gasteiger partial charge in [0.2, 0.25) is 0 Å². The zero-order valence-electron chi connectivity index (χ0n) is 11.0. The van der Waals surface area contributed by atoms with Gasteiger partial charge in [0.05, 0.1) is 5.69 Å².